The number of amides is 3. The zero-order valence-corrected chi connectivity index (χ0v) is 18.4. The van der Waals surface area contributed by atoms with Crippen LogP contribution in [0, 0.1) is 5.92 Å². The zero-order valence-electron chi connectivity index (χ0n) is 16.8. The van der Waals surface area contributed by atoms with Gasteiger partial charge in [-0.1, -0.05) is 54.9 Å². The van der Waals surface area contributed by atoms with Gasteiger partial charge in [0.15, 0.2) is 0 Å². The lowest BCUT2D eigenvalue weighted by Gasteiger charge is -2.21. The zero-order chi connectivity index (χ0) is 21.4. The molecule has 0 fully saturated rings. The number of hydrogen-bond donors (Lipinski definition) is 3. The molecule has 2 aromatic rings. The molecule has 0 aromatic heterocycles. The molecular weight excluding hydrogens is 434 g/mol. The Kier molecular flexibility index (Phi) is 8.39. The highest BCUT2D eigenvalue weighted by atomic mass is 79.9. The Morgan fingerprint density at radius 1 is 1.00 bits per heavy atom. The van der Waals surface area contributed by atoms with Crippen LogP contribution in [0.5, 0.6) is 0 Å². The van der Waals surface area contributed by atoms with E-state index in [1.165, 1.54) is 0 Å². The Balaban J connectivity index is 1.94. The first-order valence-corrected chi connectivity index (χ1v) is 10.3. The summed E-state index contributed by atoms with van der Waals surface area (Å²) in [5.74, 6) is -1.20. The fourth-order valence-electron chi connectivity index (χ4n) is 2.78. The van der Waals surface area contributed by atoms with Gasteiger partial charge in [-0.15, -0.1) is 0 Å². The van der Waals surface area contributed by atoms with Crippen molar-refractivity contribution in [1.82, 2.24) is 10.6 Å². The maximum absolute atomic E-state index is 12.6. The van der Waals surface area contributed by atoms with Gasteiger partial charge in [0.2, 0.25) is 11.8 Å². The Hall–Kier alpha value is -2.67. The summed E-state index contributed by atoms with van der Waals surface area (Å²) in [5.41, 5.74) is 2.22. The van der Waals surface area contributed by atoms with Crippen molar-refractivity contribution in [1.29, 1.82) is 0 Å². The van der Waals surface area contributed by atoms with Gasteiger partial charge >= 0.3 is 0 Å². The minimum Gasteiger partial charge on any atom is -0.345 e. The van der Waals surface area contributed by atoms with Gasteiger partial charge in [-0.2, -0.15) is 0 Å². The van der Waals surface area contributed by atoms with E-state index < -0.39 is 11.9 Å². The summed E-state index contributed by atoms with van der Waals surface area (Å²) in [7, 11) is 0. The van der Waals surface area contributed by atoms with Crippen molar-refractivity contribution in [2.24, 2.45) is 5.92 Å². The van der Waals surface area contributed by atoms with Gasteiger partial charge in [-0.25, -0.2) is 0 Å². The van der Waals surface area contributed by atoms with E-state index in [4.69, 9.17) is 0 Å². The average molecular weight is 460 g/mol. The first-order valence-electron chi connectivity index (χ1n) is 9.53. The summed E-state index contributed by atoms with van der Waals surface area (Å²) in [6, 6.07) is 13.7. The van der Waals surface area contributed by atoms with Crippen LogP contribution in [0.1, 0.15) is 36.7 Å². The van der Waals surface area contributed by atoms with Crippen LogP contribution in [0.15, 0.2) is 53.0 Å². The molecule has 0 bridgehead atoms. The van der Waals surface area contributed by atoms with Crippen LogP contribution in [0.4, 0.5) is 5.69 Å². The van der Waals surface area contributed by atoms with Crippen LogP contribution in [-0.2, 0) is 16.0 Å². The van der Waals surface area contributed by atoms with Crippen molar-refractivity contribution in [2.75, 3.05) is 11.9 Å². The van der Waals surface area contributed by atoms with E-state index in [0.29, 0.717) is 5.56 Å². The monoisotopic (exact) mass is 459 g/mol. The van der Waals surface area contributed by atoms with Crippen molar-refractivity contribution in [2.45, 2.75) is 33.2 Å². The van der Waals surface area contributed by atoms with E-state index in [2.05, 4.69) is 31.9 Å². The maximum atomic E-state index is 12.6. The van der Waals surface area contributed by atoms with Gasteiger partial charge in [0.05, 0.1) is 6.54 Å². The van der Waals surface area contributed by atoms with E-state index >= 15 is 0 Å². The minimum atomic E-state index is -0.748. The molecule has 1 atom stereocenters. The molecule has 0 aliphatic rings. The molecule has 0 radical (unpaired) electrons. The van der Waals surface area contributed by atoms with E-state index in [9.17, 15) is 14.4 Å². The molecule has 2 rings (SSSR count). The number of carbonyl (C=O) groups is 3. The van der Waals surface area contributed by atoms with Gasteiger partial charge < -0.3 is 16.0 Å². The number of rotatable bonds is 8. The third-order valence-corrected chi connectivity index (χ3v) is 4.97. The van der Waals surface area contributed by atoms with Gasteiger partial charge in [0, 0.05) is 15.7 Å². The lowest BCUT2D eigenvalue weighted by Crippen LogP contribution is -2.51. The van der Waals surface area contributed by atoms with E-state index in [-0.39, 0.29) is 24.3 Å². The average Bonchev–Trinajstić information content (AvgIpc) is 2.70. The summed E-state index contributed by atoms with van der Waals surface area (Å²) < 4.78 is 0.864. The summed E-state index contributed by atoms with van der Waals surface area (Å²) >= 11 is 3.32. The predicted molar refractivity (Wildman–Crippen MR) is 118 cm³/mol. The predicted octanol–water partition coefficient (Wildman–Crippen LogP) is 3.52. The number of halogens is 1. The third kappa shape index (κ3) is 6.71. The van der Waals surface area contributed by atoms with Crippen molar-refractivity contribution in [3.8, 4) is 0 Å². The minimum absolute atomic E-state index is 0.140. The number of carbonyl (C=O) groups excluding carboxylic acids is 3. The van der Waals surface area contributed by atoms with Crippen molar-refractivity contribution in [3.05, 3.63) is 64.1 Å². The Bertz CT molecular complexity index is 866. The lowest BCUT2D eigenvalue weighted by molar-refractivity contribution is -0.126. The molecule has 0 saturated heterocycles. The molecule has 3 amide bonds. The van der Waals surface area contributed by atoms with Crippen molar-refractivity contribution < 1.29 is 14.4 Å². The molecular formula is C22H26BrN3O3. The number of anilines is 1. The molecule has 29 heavy (non-hydrogen) atoms. The number of aryl methyl sites for hydroxylation is 1. The van der Waals surface area contributed by atoms with E-state index in [1.807, 2.05) is 45.0 Å². The highest BCUT2D eigenvalue weighted by Gasteiger charge is 2.25. The third-order valence-electron chi connectivity index (χ3n) is 4.44. The largest absolute Gasteiger partial charge is 0.345 e. The van der Waals surface area contributed by atoms with Gasteiger partial charge in [-0.3, -0.25) is 14.4 Å². The molecule has 0 spiro atoms. The Morgan fingerprint density at radius 3 is 2.28 bits per heavy atom. The molecule has 0 aliphatic heterocycles. The molecule has 3 N–H and O–H groups in total. The quantitative estimate of drug-likeness (QED) is 0.564. The molecule has 154 valence electrons. The van der Waals surface area contributed by atoms with Crippen LogP contribution in [-0.4, -0.2) is 30.3 Å². The second-order valence-electron chi connectivity index (χ2n) is 6.98. The first-order chi connectivity index (χ1) is 13.8. The fraction of sp³-hybridized carbons (Fsp3) is 0.318. The highest BCUT2D eigenvalue weighted by Crippen LogP contribution is 2.15. The normalized spacial score (nSPS) is 11.6. The molecule has 0 aliphatic carbocycles. The fourth-order valence-corrected chi connectivity index (χ4v) is 3.05. The standard InChI is InChI=1S/C22H26BrN3O3/c1-4-15-7-5-6-8-18(15)25-19(27)13-24-22(29)20(14(2)3)26-21(28)16-9-11-17(23)12-10-16/h5-12,14,20H,4,13H2,1-3H3,(H,24,29)(H,25,27)(H,26,28). The summed E-state index contributed by atoms with van der Waals surface area (Å²) in [6.45, 7) is 5.51. The van der Waals surface area contributed by atoms with Gasteiger partial charge in [0.1, 0.15) is 6.04 Å². The summed E-state index contributed by atoms with van der Waals surface area (Å²) in [5, 5.41) is 8.17. The Morgan fingerprint density at radius 2 is 1.66 bits per heavy atom. The second-order valence-corrected chi connectivity index (χ2v) is 7.89. The molecule has 2 aromatic carbocycles. The summed E-state index contributed by atoms with van der Waals surface area (Å²) in [4.78, 5) is 37.2. The van der Waals surface area contributed by atoms with Crippen molar-refractivity contribution in [3.63, 3.8) is 0 Å². The van der Waals surface area contributed by atoms with Crippen LogP contribution in [0.25, 0.3) is 0 Å². The topological polar surface area (TPSA) is 87.3 Å². The van der Waals surface area contributed by atoms with Crippen LogP contribution >= 0.6 is 15.9 Å². The smallest absolute Gasteiger partial charge is 0.251 e. The molecule has 0 heterocycles. The maximum Gasteiger partial charge on any atom is 0.251 e. The van der Waals surface area contributed by atoms with E-state index in [1.54, 1.807) is 24.3 Å². The van der Waals surface area contributed by atoms with Gasteiger partial charge in [0.25, 0.3) is 5.91 Å². The van der Waals surface area contributed by atoms with Gasteiger partial charge in [-0.05, 0) is 48.2 Å². The van der Waals surface area contributed by atoms with Crippen LogP contribution in [0.3, 0.4) is 0 Å². The van der Waals surface area contributed by atoms with E-state index in [0.717, 1.165) is 22.1 Å². The highest BCUT2D eigenvalue weighted by molar-refractivity contribution is 9.10. The SMILES string of the molecule is CCc1ccccc1NC(=O)CNC(=O)C(NC(=O)c1ccc(Br)cc1)C(C)C. The number of benzene rings is 2. The molecule has 6 nitrogen and oxygen atoms in total. The second kappa shape index (κ2) is 10.8. The Labute approximate surface area is 179 Å². The lowest BCUT2D eigenvalue weighted by atomic mass is 10.0. The number of nitrogens with one attached hydrogen (secondary N) is 3. The van der Waals surface area contributed by atoms with Crippen molar-refractivity contribution >= 4 is 39.3 Å². The van der Waals surface area contributed by atoms with Crippen LogP contribution in [0.2, 0.25) is 0 Å². The molecule has 7 heteroatoms. The number of para-hydroxylation sites is 1. The number of hydrogen-bond acceptors (Lipinski definition) is 3. The van der Waals surface area contributed by atoms with Crippen LogP contribution < -0.4 is 16.0 Å². The first kappa shape index (κ1) is 22.6. The summed E-state index contributed by atoms with van der Waals surface area (Å²) in [6.07, 6.45) is 0.792. The molecule has 0 saturated carbocycles. The molecule has 1 unspecified atom stereocenters.